The maximum Gasteiger partial charge on any atom is 0.188 e. The first kappa shape index (κ1) is 19.2. The van der Waals surface area contributed by atoms with Gasteiger partial charge >= 0.3 is 0 Å². The van der Waals surface area contributed by atoms with Crippen LogP contribution in [0.15, 0.2) is 59.6 Å². The first-order valence-corrected chi connectivity index (χ1v) is 9.45. The lowest BCUT2D eigenvalue weighted by molar-refractivity contribution is 0.0376. The lowest BCUT2D eigenvalue weighted by Crippen LogP contribution is -2.39. The molecule has 27 heavy (non-hydrogen) atoms. The molecule has 0 saturated carbocycles. The summed E-state index contributed by atoms with van der Waals surface area (Å²) in [5.74, 6) is 2.12. The normalized spacial score (nSPS) is 15.5. The van der Waals surface area contributed by atoms with Crippen LogP contribution in [0, 0.1) is 0 Å². The van der Waals surface area contributed by atoms with Crippen molar-refractivity contribution in [3.8, 4) is 11.5 Å². The highest BCUT2D eigenvalue weighted by molar-refractivity contribution is 5.77. The predicted octanol–water partition coefficient (Wildman–Crippen LogP) is 2.61. The molecular weight excluding hydrogens is 340 g/mol. The number of nitrogens with zero attached hydrogens (tertiary/aromatic N) is 2. The van der Waals surface area contributed by atoms with E-state index in [0.29, 0.717) is 12.5 Å². The molecule has 0 aliphatic carbocycles. The quantitative estimate of drug-likeness (QED) is 0.426. The van der Waals surface area contributed by atoms with Gasteiger partial charge in [0.25, 0.3) is 0 Å². The van der Waals surface area contributed by atoms with Gasteiger partial charge in [-0.25, -0.2) is 4.99 Å². The van der Waals surface area contributed by atoms with Gasteiger partial charge < -0.3 is 20.5 Å². The van der Waals surface area contributed by atoms with Gasteiger partial charge in [-0.05, 0) is 42.8 Å². The topological polar surface area (TPSA) is 72.1 Å². The summed E-state index contributed by atoms with van der Waals surface area (Å²) in [5, 5.41) is 3.18. The molecule has 0 unspecified atom stereocenters. The Labute approximate surface area is 161 Å². The Hall–Kier alpha value is -2.57. The zero-order valence-corrected chi connectivity index (χ0v) is 15.6. The van der Waals surface area contributed by atoms with Crippen molar-refractivity contribution in [1.29, 1.82) is 0 Å². The molecule has 1 fully saturated rings. The van der Waals surface area contributed by atoms with E-state index >= 15 is 0 Å². The second-order valence-corrected chi connectivity index (χ2v) is 6.49. The van der Waals surface area contributed by atoms with Gasteiger partial charge in [0, 0.05) is 19.6 Å². The van der Waals surface area contributed by atoms with Crippen LogP contribution in [-0.4, -0.2) is 50.3 Å². The summed E-state index contributed by atoms with van der Waals surface area (Å²) in [4.78, 5) is 6.82. The lowest BCUT2D eigenvalue weighted by Gasteiger charge is -2.26. The minimum Gasteiger partial charge on any atom is -0.457 e. The van der Waals surface area contributed by atoms with Crippen molar-refractivity contribution < 1.29 is 9.47 Å². The Morgan fingerprint density at radius 1 is 1.04 bits per heavy atom. The standard InChI is InChI=1S/C21H28N4O2/c22-21(23-11-4-12-25-13-15-26-16-14-25)24-17-18-7-9-20(10-8-18)27-19-5-2-1-3-6-19/h1-3,5-10H,4,11-17H2,(H3,22,23,24). The molecule has 2 aromatic carbocycles. The molecule has 2 aromatic rings. The highest BCUT2D eigenvalue weighted by Crippen LogP contribution is 2.21. The molecule has 6 heteroatoms. The van der Waals surface area contributed by atoms with Gasteiger partial charge in [0.15, 0.2) is 5.96 Å². The first-order chi connectivity index (χ1) is 13.3. The van der Waals surface area contributed by atoms with Crippen LogP contribution in [0.1, 0.15) is 12.0 Å². The average molecular weight is 368 g/mol. The van der Waals surface area contributed by atoms with Crippen molar-refractivity contribution in [2.75, 3.05) is 39.4 Å². The summed E-state index contributed by atoms with van der Waals surface area (Å²) in [6, 6.07) is 17.7. The molecule has 1 saturated heterocycles. The van der Waals surface area contributed by atoms with Crippen LogP contribution >= 0.6 is 0 Å². The van der Waals surface area contributed by atoms with Crippen molar-refractivity contribution in [2.45, 2.75) is 13.0 Å². The number of nitrogens with two attached hydrogens (primary N) is 1. The zero-order chi connectivity index (χ0) is 18.7. The van der Waals surface area contributed by atoms with Gasteiger partial charge in [-0.15, -0.1) is 0 Å². The summed E-state index contributed by atoms with van der Waals surface area (Å²) < 4.78 is 11.1. The fraction of sp³-hybridized carbons (Fsp3) is 0.381. The predicted molar refractivity (Wildman–Crippen MR) is 108 cm³/mol. The van der Waals surface area contributed by atoms with E-state index in [1.54, 1.807) is 0 Å². The zero-order valence-electron chi connectivity index (χ0n) is 15.6. The van der Waals surface area contributed by atoms with E-state index in [1.165, 1.54) is 0 Å². The van der Waals surface area contributed by atoms with Crippen LogP contribution in [0.2, 0.25) is 0 Å². The number of aliphatic imine (C=N–C) groups is 1. The van der Waals surface area contributed by atoms with Gasteiger partial charge in [-0.1, -0.05) is 30.3 Å². The van der Waals surface area contributed by atoms with Crippen LogP contribution in [-0.2, 0) is 11.3 Å². The number of morpholine rings is 1. The SMILES string of the molecule is NC(=NCc1ccc(Oc2ccccc2)cc1)NCCCN1CCOCC1. The second-order valence-electron chi connectivity index (χ2n) is 6.49. The Morgan fingerprint density at radius 3 is 2.48 bits per heavy atom. The van der Waals surface area contributed by atoms with Gasteiger partial charge in [0.05, 0.1) is 19.8 Å². The number of para-hydroxylation sites is 1. The summed E-state index contributed by atoms with van der Waals surface area (Å²) in [6.07, 6.45) is 1.04. The number of guanidine groups is 1. The van der Waals surface area contributed by atoms with E-state index in [2.05, 4.69) is 15.2 Å². The Balaban J connectivity index is 1.36. The smallest absolute Gasteiger partial charge is 0.188 e. The molecular formula is C21H28N4O2. The molecule has 1 heterocycles. The third-order valence-corrected chi connectivity index (χ3v) is 4.40. The largest absolute Gasteiger partial charge is 0.457 e. The number of ether oxygens (including phenoxy) is 2. The first-order valence-electron chi connectivity index (χ1n) is 9.45. The van der Waals surface area contributed by atoms with E-state index in [4.69, 9.17) is 15.2 Å². The van der Waals surface area contributed by atoms with E-state index in [1.807, 2.05) is 54.6 Å². The molecule has 1 aliphatic heterocycles. The van der Waals surface area contributed by atoms with Crippen LogP contribution in [0.5, 0.6) is 11.5 Å². The maximum atomic E-state index is 5.95. The number of rotatable bonds is 8. The van der Waals surface area contributed by atoms with E-state index in [0.717, 1.165) is 62.9 Å². The third kappa shape index (κ3) is 6.92. The average Bonchev–Trinajstić information content (AvgIpc) is 2.72. The summed E-state index contributed by atoms with van der Waals surface area (Å²) in [6.45, 7) is 6.16. The molecule has 6 nitrogen and oxygen atoms in total. The van der Waals surface area contributed by atoms with Gasteiger partial charge in [0.2, 0.25) is 0 Å². The molecule has 0 aromatic heterocycles. The maximum absolute atomic E-state index is 5.95. The number of hydrogen-bond acceptors (Lipinski definition) is 4. The lowest BCUT2D eigenvalue weighted by atomic mass is 10.2. The number of hydrogen-bond donors (Lipinski definition) is 2. The molecule has 3 rings (SSSR count). The molecule has 0 bridgehead atoms. The summed E-state index contributed by atoms with van der Waals surface area (Å²) >= 11 is 0. The van der Waals surface area contributed by atoms with E-state index in [-0.39, 0.29) is 0 Å². The minimum atomic E-state index is 0.488. The highest BCUT2D eigenvalue weighted by Gasteiger charge is 2.08. The van der Waals surface area contributed by atoms with Gasteiger partial charge in [0.1, 0.15) is 11.5 Å². The fourth-order valence-electron chi connectivity index (χ4n) is 2.86. The number of nitrogens with one attached hydrogen (secondary N) is 1. The van der Waals surface area contributed by atoms with Gasteiger partial charge in [-0.3, -0.25) is 4.90 Å². The van der Waals surface area contributed by atoms with Crippen LogP contribution in [0.3, 0.4) is 0 Å². The molecule has 0 atom stereocenters. The van der Waals surface area contributed by atoms with E-state index < -0.39 is 0 Å². The molecule has 1 aliphatic rings. The monoisotopic (exact) mass is 368 g/mol. The van der Waals surface area contributed by atoms with Crippen LogP contribution in [0.4, 0.5) is 0 Å². The van der Waals surface area contributed by atoms with Crippen LogP contribution < -0.4 is 15.8 Å². The van der Waals surface area contributed by atoms with E-state index in [9.17, 15) is 0 Å². The van der Waals surface area contributed by atoms with Crippen molar-refractivity contribution >= 4 is 5.96 Å². The van der Waals surface area contributed by atoms with Crippen LogP contribution in [0.25, 0.3) is 0 Å². The number of benzene rings is 2. The minimum absolute atomic E-state index is 0.488. The van der Waals surface area contributed by atoms with Crippen molar-refractivity contribution in [3.05, 3.63) is 60.2 Å². The Kier molecular flexibility index (Phi) is 7.50. The van der Waals surface area contributed by atoms with Crippen molar-refractivity contribution in [3.63, 3.8) is 0 Å². The Morgan fingerprint density at radius 2 is 1.74 bits per heavy atom. The highest BCUT2D eigenvalue weighted by atomic mass is 16.5. The Bertz CT molecular complexity index is 698. The van der Waals surface area contributed by atoms with Gasteiger partial charge in [-0.2, -0.15) is 0 Å². The summed E-state index contributed by atoms with van der Waals surface area (Å²) in [7, 11) is 0. The molecule has 0 spiro atoms. The van der Waals surface area contributed by atoms with Crippen molar-refractivity contribution in [2.24, 2.45) is 10.7 Å². The third-order valence-electron chi connectivity index (χ3n) is 4.40. The fourth-order valence-corrected chi connectivity index (χ4v) is 2.86. The molecule has 3 N–H and O–H groups in total. The van der Waals surface area contributed by atoms with Crippen molar-refractivity contribution in [1.82, 2.24) is 10.2 Å². The second kappa shape index (κ2) is 10.5. The molecule has 0 amide bonds. The molecule has 144 valence electrons. The summed E-state index contributed by atoms with van der Waals surface area (Å²) in [5.41, 5.74) is 7.04. The molecule has 0 radical (unpaired) electrons.